The maximum atomic E-state index is 6.66. The lowest BCUT2D eigenvalue weighted by Gasteiger charge is -2.32. The highest BCUT2D eigenvalue weighted by Gasteiger charge is 2.61. The highest BCUT2D eigenvalue weighted by molar-refractivity contribution is 7.98. The zero-order chi connectivity index (χ0) is 24.9. The summed E-state index contributed by atoms with van der Waals surface area (Å²) in [4.78, 5) is 1.23. The van der Waals surface area contributed by atoms with Crippen LogP contribution in [-0.4, -0.2) is 42.9 Å². The van der Waals surface area contributed by atoms with Gasteiger partial charge < -0.3 is 18.6 Å². The molecule has 2 aliphatic rings. The Hall–Kier alpha value is -1.24. The molecule has 0 bridgehead atoms. The van der Waals surface area contributed by atoms with Gasteiger partial charge in [0.05, 0.1) is 22.4 Å². The fourth-order valence-corrected chi connectivity index (χ4v) is 5.05. The van der Waals surface area contributed by atoms with Crippen molar-refractivity contribution >= 4 is 26.0 Å². The summed E-state index contributed by atoms with van der Waals surface area (Å²) in [6.07, 6.45) is 2.10. The first-order valence-electron chi connectivity index (χ1n) is 12.2. The van der Waals surface area contributed by atoms with Crippen LogP contribution in [0.5, 0.6) is 0 Å². The number of hydrogen-bond acceptors (Lipinski definition) is 5. The molecule has 4 rings (SSSR count). The number of benzene rings is 2. The van der Waals surface area contributed by atoms with E-state index >= 15 is 0 Å². The summed E-state index contributed by atoms with van der Waals surface area (Å²) in [6, 6.07) is 19.2. The molecule has 2 aromatic rings. The third-order valence-corrected chi connectivity index (χ3v) is 8.95. The molecule has 2 heterocycles. The van der Waals surface area contributed by atoms with Crippen LogP contribution < -0.4 is 0 Å². The Morgan fingerprint density at radius 2 is 0.912 bits per heavy atom. The smallest absolute Gasteiger partial charge is 0.403 e. The fraction of sp³-hybridized carbons (Fsp3) is 0.556. The van der Waals surface area contributed by atoms with Gasteiger partial charge in [0.2, 0.25) is 0 Å². The Kier molecular flexibility index (Phi) is 6.85. The monoisotopic (exact) mass is 480 g/mol. The molecule has 2 aliphatic heterocycles. The summed E-state index contributed by atoms with van der Waals surface area (Å²) in [5.41, 5.74) is 0.551. The van der Waals surface area contributed by atoms with Gasteiger partial charge in [0, 0.05) is 16.5 Å². The molecule has 0 spiro atoms. The minimum Gasteiger partial charge on any atom is -0.403 e. The Balaban J connectivity index is 1.85. The van der Waals surface area contributed by atoms with Crippen molar-refractivity contribution in [3.8, 4) is 0 Å². The SMILES string of the molecule is CSc1ccc([C@@H](B2OC(C)(C)C(C)(C)O2)[C@H](B2OC(C)(C)C(C)(C)O2)c2ccccc2)cc1. The van der Waals surface area contributed by atoms with Gasteiger partial charge in [-0.05, 0) is 84.9 Å². The van der Waals surface area contributed by atoms with Crippen molar-refractivity contribution in [3.63, 3.8) is 0 Å². The first kappa shape index (κ1) is 25.8. The predicted molar refractivity (Wildman–Crippen MR) is 142 cm³/mol. The largest absolute Gasteiger partial charge is 0.465 e. The van der Waals surface area contributed by atoms with Gasteiger partial charge in [-0.2, -0.15) is 0 Å². The summed E-state index contributed by atoms with van der Waals surface area (Å²) < 4.78 is 26.6. The van der Waals surface area contributed by atoms with Gasteiger partial charge in [-0.25, -0.2) is 0 Å². The van der Waals surface area contributed by atoms with E-state index in [1.54, 1.807) is 11.8 Å². The first-order valence-corrected chi connectivity index (χ1v) is 13.4. The Morgan fingerprint density at radius 1 is 0.559 bits per heavy atom. The maximum absolute atomic E-state index is 6.66. The van der Waals surface area contributed by atoms with Crippen LogP contribution >= 0.6 is 11.8 Å². The molecule has 0 radical (unpaired) electrons. The maximum Gasteiger partial charge on any atom is 0.465 e. The molecule has 0 N–H and O–H groups in total. The van der Waals surface area contributed by atoms with E-state index in [-0.39, 0.29) is 11.6 Å². The second kappa shape index (κ2) is 9.01. The molecule has 0 aromatic heterocycles. The van der Waals surface area contributed by atoms with Crippen LogP contribution in [0, 0.1) is 0 Å². The normalized spacial score (nSPS) is 24.3. The molecule has 7 heteroatoms. The molecule has 182 valence electrons. The van der Waals surface area contributed by atoms with Crippen molar-refractivity contribution in [1.82, 2.24) is 0 Å². The topological polar surface area (TPSA) is 36.9 Å². The molecular weight excluding hydrogens is 442 g/mol. The Morgan fingerprint density at radius 3 is 1.26 bits per heavy atom. The molecule has 4 nitrogen and oxygen atoms in total. The van der Waals surface area contributed by atoms with Gasteiger partial charge in [0.1, 0.15) is 0 Å². The third-order valence-electron chi connectivity index (χ3n) is 8.20. The molecule has 0 unspecified atom stereocenters. The van der Waals surface area contributed by atoms with Crippen molar-refractivity contribution in [2.24, 2.45) is 0 Å². The van der Waals surface area contributed by atoms with E-state index in [0.29, 0.717) is 0 Å². The summed E-state index contributed by atoms with van der Waals surface area (Å²) >= 11 is 1.74. The molecule has 2 aromatic carbocycles. The van der Waals surface area contributed by atoms with Crippen LogP contribution in [0.2, 0.25) is 0 Å². The molecule has 0 amide bonds. The van der Waals surface area contributed by atoms with E-state index in [2.05, 4.69) is 110 Å². The highest BCUT2D eigenvalue weighted by atomic mass is 32.2. The van der Waals surface area contributed by atoms with Gasteiger partial charge in [-0.3, -0.25) is 0 Å². The minimum absolute atomic E-state index is 0.128. The van der Waals surface area contributed by atoms with Gasteiger partial charge >= 0.3 is 14.2 Å². The van der Waals surface area contributed by atoms with Crippen LogP contribution in [0.25, 0.3) is 0 Å². The summed E-state index contributed by atoms with van der Waals surface area (Å²) in [7, 11) is -0.897. The average Bonchev–Trinajstić information content (AvgIpc) is 3.11. The lowest BCUT2D eigenvalue weighted by Crippen LogP contribution is -2.41. The summed E-state index contributed by atoms with van der Waals surface area (Å²) in [6.45, 7) is 16.8. The quantitative estimate of drug-likeness (QED) is 0.347. The van der Waals surface area contributed by atoms with Gasteiger partial charge in [0.15, 0.2) is 0 Å². The fourth-order valence-electron chi connectivity index (χ4n) is 4.64. The van der Waals surface area contributed by atoms with Crippen molar-refractivity contribution in [2.45, 2.75) is 94.3 Å². The van der Waals surface area contributed by atoms with E-state index < -0.39 is 36.6 Å². The second-order valence-corrected chi connectivity index (χ2v) is 12.4. The molecule has 2 fully saturated rings. The first-order chi connectivity index (χ1) is 15.8. The minimum atomic E-state index is -0.450. The van der Waals surface area contributed by atoms with Gasteiger partial charge in [-0.15, -0.1) is 11.8 Å². The standard InChI is InChI=1S/C27H38B2O4S/c1-24(2)25(3,4)31-28(30-24)22(19-13-11-10-12-14-19)23(20-15-17-21(34-9)18-16-20)29-32-26(5,6)27(7,8)33-29/h10-18,22-23H,1-9H3/t22-,23-/m1/s1. The van der Waals surface area contributed by atoms with Gasteiger partial charge in [-0.1, -0.05) is 42.5 Å². The number of hydrogen-bond donors (Lipinski definition) is 0. The van der Waals surface area contributed by atoms with Crippen molar-refractivity contribution in [3.05, 3.63) is 65.7 Å². The van der Waals surface area contributed by atoms with Crippen LogP contribution in [0.4, 0.5) is 0 Å². The number of rotatable bonds is 6. The Labute approximate surface area is 210 Å². The Bertz CT molecular complexity index is 959. The molecule has 0 saturated carbocycles. The highest BCUT2D eigenvalue weighted by Crippen LogP contribution is 2.50. The average molecular weight is 480 g/mol. The van der Waals surface area contributed by atoms with Crippen LogP contribution in [-0.2, 0) is 18.6 Å². The molecule has 0 aliphatic carbocycles. The zero-order valence-electron chi connectivity index (χ0n) is 22.0. The second-order valence-electron chi connectivity index (χ2n) is 11.5. The van der Waals surface area contributed by atoms with E-state index in [0.717, 1.165) is 11.1 Å². The molecule has 34 heavy (non-hydrogen) atoms. The summed E-state index contributed by atoms with van der Waals surface area (Å²) in [5.74, 6) is -0.258. The van der Waals surface area contributed by atoms with Crippen molar-refractivity contribution in [2.75, 3.05) is 6.26 Å². The van der Waals surface area contributed by atoms with E-state index in [1.165, 1.54) is 4.90 Å². The predicted octanol–water partition coefficient (Wildman–Crippen LogP) is 6.54. The lowest BCUT2D eigenvalue weighted by molar-refractivity contribution is 0.00578. The van der Waals surface area contributed by atoms with Crippen LogP contribution in [0.15, 0.2) is 59.5 Å². The van der Waals surface area contributed by atoms with Crippen molar-refractivity contribution in [1.29, 1.82) is 0 Å². The molecule has 2 saturated heterocycles. The van der Waals surface area contributed by atoms with Crippen LogP contribution in [0.3, 0.4) is 0 Å². The van der Waals surface area contributed by atoms with Crippen molar-refractivity contribution < 1.29 is 18.6 Å². The zero-order valence-corrected chi connectivity index (χ0v) is 22.9. The summed E-state index contributed by atoms with van der Waals surface area (Å²) in [5, 5.41) is 0. The third kappa shape index (κ3) is 4.62. The molecular formula is C27H38B2O4S. The van der Waals surface area contributed by atoms with E-state index in [9.17, 15) is 0 Å². The number of thioether (sulfide) groups is 1. The lowest BCUT2D eigenvalue weighted by atomic mass is 9.49. The van der Waals surface area contributed by atoms with Crippen LogP contribution in [0.1, 0.15) is 78.2 Å². The van der Waals surface area contributed by atoms with E-state index in [4.69, 9.17) is 18.6 Å². The van der Waals surface area contributed by atoms with E-state index in [1.807, 2.05) is 6.07 Å². The molecule has 2 atom stereocenters. The van der Waals surface area contributed by atoms with Gasteiger partial charge in [0.25, 0.3) is 0 Å².